The molecule has 3 nitrogen and oxygen atoms in total. The Morgan fingerprint density at radius 3 is 2.60 bits per heavy atom. The number of nitrogens with one attached hydrogen (secondary N) is 1. The second-order valence-corrected chi connectivity index (χ2v) is 5.43. The van der Waals surface area contributed by atoms with E-state index in [-0.39, 0.29) is 24.5 Å². The fourth-order valence-electron chi connectivity index (χ4n) is 2.53. The van der Waals surface area contributed by atoms with Gasteiger partial charge in [0.05, 0.1) is 0 Å². The minimum Gasteiger partial charge on any atom is -0.396 e. The molecule has 1 amide bonds. The largest absolute Gasteiger partial charge is 0.396 e. The third-order valence-corrected chi connectivity index (χ3v) is 3.41. The molecule has 0 heterocycles. The molecule has 20 heavy (non-hydrogen) atoms. The zero-order valence-corrected chi connectivity index (χ0v) is 12.0. The van der Waals surface area contributed by atoms with E-state index in [4.69, 9.17) is 5.11 Å². The van der Waals surface area contributed by atoms with Crippen molar-refractivity contribution in [3.8, 4) is 0 Å². The Kier molecular flexibility index (Phi) is 4.74. The number of aliphatic hydroxyl groups excluding tert-OH is 1. The first-order chi connectivity index (χ1) is 9.56. The van der Waals surface area contributed by atoms with Crippen LogP contribution in [-0.2, 0) is 4.79 Å². The molecule has 2 N–H and O–H groups in total. The summed E-state index contributed by atoms with van der Waals surface area (Å²) in [6.45, 7) is 4.23. The monoisotopic (exact) mass is 271 g/mol. The summed E-state index contributed by atoms with van der Waals surface area (Å²) in [6, 6.07) is 6.24. The third-order valence-electron chi connectivity index (χ3n) is 3.41. The minimum absolute atomic E-state index is 0.0311. The minimum atomic E-state index is -0.0996. The molecule has 1 aliphatic carbocycles. The van der Waals surface area contributed by atoms with Crippen LogP contribution < -0.4 is 5.32 Å². The van der Waals surface area contributed by atoms with E-state index < -0.39 is 0 Å². The molecule has 1 aliphatic rings. The zero-order chi connectivity index (χ0) is 14.5. The average molecular weight is 271 g/mol. The highest BCUT2D eigenvalue weighted by molar-refractivity contribution is 5.92. The van der Waals surface area contributed by atoms with E-state index in [2.05, 4.69) is 11.4 Å². The average Bonchev–Trinajstić information content (AvgIpc) is 2.83. The van der Waals surface area contributed by atoms with Crippen molar-refractivity contribution < 1.29 is 9.90 Å². The van der Waals surface area contributed by atoms with Gasteiger partial charge in [-0.3, -0.25) is 4.79 Å². The fraction of sp³-hybridized carbons (Fsp3) is 0.353. The molecule has 3 heteroatoms. The summed E-state index contributed by atoms with van der Waals surface area (Å²) in [6.07, 6.45) is 8.08. The molecule has 0 aliphatic heterocycles. The number of benzene rings is 1. The Morgan fingerprint density at radius 2 is 2.00 bits per heavy atom. The van der Waals surface area contributed by atoms with Crippen LogP contribution in [0.3, 0.4) is 0 Å². The summed E-state index contributed by atoms with van der Waals surface area (Å²) in [5.41, 5.74) is 3.41. The zero-order valence-electron chi connectivity index (χ0n) is 12.0. The lowest BCUT2D eigenvalue weighted by Gasteiger charge is -2.10. The van der Waals surface area contributed by atoms with Crippen molar-refractivity contribution in [2.75, 3.05) is 6.61 Å². The standard InChI is InChI=1S/C17H21NO2/c1-12-7-13(2)9-14(8-12)4-6-17(20)18-16-5-3-15(10-16)11-19/h3-9,15-16,19H,10-11H2,1-2H3,(H,18,20)/b6-4+/t15-,16+/m0/s1. The number of carbonyl (C=O) groups is 1. The number of amides is 1. The maximum Gasteiger partial charge on any atom is 0.244 e. The highest BCUT2D eigenvalue weighted by atomic mass is 16.3. The van der Waals surface area contributed by atoms with Crippen molar-refractivity contribution in [3.63, 3.8) is 0 Å². The van der Waals surface area contributed by atoms with E-state index in [1.165, 1.54) is 11.1 Å². The van der Waals surface area contributed by atoms with Crippen LogP contribution in [0.1, 0.15) is 23.1 Å². The van der Waals surface area contributed by atoms with Crippen LogP contribution >= 0.6 is 0 Å². The normalized spacial score (nSPS) is 21.6. The van der Waals surface area contributed by atoms with Crippen molar-refractivity contribution in [2.45, 2.75) is 26.3 Å². The van der Waals surface area contributed by atoms with Gasteiger partial charge in [0.15, 0.2) is 0 Å². The third kappa shape index (κ3) is 4.07. The van der Waals surface area contributed by atoms with Gasteiger partial charge >= 0.3 is 0 Å². The van der Waals surface area contributed by atoms with Crippen molar-refractivity contribution in [3.05, 3.63) is 53.1 Å². The maximum absolute atomic E-state index is 11.8. The number of hydrogen-bond donors (Lipinski definition) is 2. The summed E-state index contributed by atoms with van der Waals surface area (Å²) >= 11 is 0. The van der Waals surface area contributed by atoms with Gasteiger partial charge in [0, 0.05) is 24.6 Å². The van der Waals surface area contributed by atoms with E-state index in [0.717, 1.165) is 12.0 Å². The number of aryl methyl sites for hydroxylation is 2. The Bertz CT molecular complexity index is 526. The van der Waals surface area contributed by atoms with Gasteiger partial charge in [-0.15, -0.1) is 0 Å². The molecule has 0 saturated heterocycles. The summed E-state index contributed by atoms with van der Waals surface area (Å²) in [4.78, 5) is 11.8. The first-order valence-corrected chi connectivity index (χ1v) is 6.93. The summed E-state index contributed by atoms with van der Waals surface area (Å²) < 4.78 is 0. The van der Waals surface area contributed by atoms with Crippen LogP contribution in [-0.4, -0.2) is 23.7 Å². The molecule has 0 fully saturated rings. The Morgan fingerprint density at radius 1 is 1.30 bits per heavy atom. The first kappa shape index (κ1) is 14.5. The Hall–Kier alpha value is -1.87. The molecule has 0 bridgehead atoms. The van der Waals surface area contributed by atoms with Crippen molar-refractivity contribution in [2.24, 2.45) is 5.92 Å². The van der Waals surface area contributed by atoms with Crippen LogP contribution in [0.15, 0.2) is 36.4 Å². The lowest BCUT2D eigenvalue weighted by Crippen LogP contribution is -2.31. The van der Waals surface area contributed by atoms with Crippen molar-refractivity contribution in [1.82, 2.24) is 5.32 Å². The molecule has 1 aromatic carbocycles. The van der Waals surface area contributed by atoms with Crippen molar-refractivity contribution >= 4 is 12.0 Å². The molecule has 2 atom stereocenters. The van der Waals surface area contributed by atoms with Crippen LogP contribution in [0.2, 0.25) is 0 Å². The fourth-order valence-corrected chi connectivity index (χ4v) is 2.53. The molecule has 106 valence electrons. The molecule has 2 rings (SSSR count). The number of hydrogen-bond acceptors (Lipinski definition) is 2. The SMILES string of the molecule is Cc1cc(C)cc(/C=C/C(=O)N[C@@H]2C=C[C@H](CO)C2)c1. The molecular formula is C17H21NO2. The first-order valence-electron chi connectivity index (χ1n) is 6.93. The second kappa shape index (κ2) is 6.53. The maximum atomic E-state index is 11.8. The molecular weight excluding hydrogens is 250 g/mol. The second-order valence-electron chi connectivity index (χ2n) is 5.43. The van der Waals surface area contributed by atoms with Gasteiger partial charge < -0.3 is 10.4 Å². The van der Waals surface area contributed by atoms with E-state index in [0.29, 0.717) is 0 Å². The number of aliphatic hydroxyl groups is 1. The molecule has 0 spiro atoms. The van der Waals surface area contributed by atoms with Crippen LogP contribution in [0.4, 0.5) is 0 Å². The van der Waals surface area contributed by atoms with Gasteiger partial charge in [0.1, 0.15) is 0 Å². The highest BCUT2D eigenvalue weighted by Gasteiger charge is 2.18. The van der Waals surface area contributed by atoms with Gasteiger partial charge in [0.2, 0.25) is 5.91 Å². The topological polar surface area (TPSA) is 49.3 Å². The van der Waals surface area contributed by atoms with Gasteiger partial charge in [-0.2, -0.15) is 0 Å². The van der Waals surface area contributed by atoms with Crippen molar-refractivity contribution in [1.29, 1.82) is 0 Å². The van der Waals surface area contributed by atoms with E-state index >= 15 is 0 Å². The van der Waals surface area contributed by atoms with Crippen LogP contribution in [0, 0.1) is 19.8 Å². The number of carbonyl (C=O) groups excluding carboxylic acids is 1. The van der Waals surface area contributed by atoms with E-state index in [9.17, 15) is 4.79 Å². The highest BCUT2D eigenvalue weighted by Crippen LogP contribution is 2.17. The van der Waals surface area contributed by atoms with Gasteiger partial charge in [0.25, 0.3) is 0 Å². The van der Waals surface area contributed by atoms with Gasteiger partial charge in [-0.05, 0) is 31.9 Å². The van der Waals surface area contributed by atoms with Gasteiger partial charge in [-0.1, -0.05) is 41.5 Å². The Balaban J connectivity index is 1.91. The predicted molar refractivity (Wildman–Crippen MR) is 81.2 cm³/mol. The summed E-state index contributed by atoms with van der Waals surface area (Å²) in [5, 5.41) is 12.0. The van der Waals surface area contributed by atoms with Gasteiger partial charge in [-0.25, -0.2) is 0 Å². The summed E-state index contributed by atoms with van der Waals surface area (Å²) in [7, 11) is 0. The molecule has 0 radical (unpaired) electrons. The smallest absolute Gasteiger partial charge is 0.244 e. The number of rotatable bonds is 4. The lowest BCUT2D eigenvalue weighted by atomic mass is 10.1. The molecule has 0 aromatic heterocycles. The van der Waals surface area contributed by atoms with E-state index in [1.807, 2.05) is 44.2 Å². The quantitative estimate of drug-likeness (QED) is 0.652. The summed E-state index contributed by atoms with van der Waals surface area (Å²) in [5.74, 6) is 0.0705. The van der Waals surface area contributed by atoms with Crippen LogP contribution in [0.5, 0.6) is 0 Å². The molecule has 1 aromatic rings. The molecule has 0 saturated carbocycles. The lowest BCUT2D eigenvalue weighted by molar-refractivity contribution is -0.116. The molecule has 0 unspecified atom stereocenters. The van der Waals surface area contributed by atoms with Crippen LogP contribution in [0.25, 0.3) is 6.08 Å². The van der Waals surface area contributed by atoms with E-state index in [1.54, 1.807) is 6.08 Å². The predicted octanol–water partition coefficient (Wildman–Crippen LogP) is 2.37. The Labute approximate surface area is 120 Å².